The fraction of sp³-hybridized carbons (Fsp3) is 0.0476. The number of nitrogens with zero attached hydrogens (tertiary/aromatic N) is 2. The molecular formula is C21H17N3O3S. The lowest BCUT2D eigenvalue weighted by Crippen LogP contribution is -2.14. The summed E-state index contributed by atoms with van der Waals surface area (Å²) in [6, 6.07) is 20.4. The number of hydrogen-bond acceptors (Lipinski definition) is 4. The first-order chi connectivity index (χ1) is 13.5. The molecule has 2 aromatic heterocycles. The predicted octanol–water partition coefficient (Wildman–Crippen LogP) is 3.83. The Labute approximate surface area is 162 Å². The second kappa shape index (κ2) is 6.94. The Morgan fingerprint density at radius 3 is 2.29 bits per heavy atom. The Bertz CT molecular complexity index is 1260. The molecule has 0 aliphatic carbocycles. The number of carbonyl (C=O) groups excluding carboxylic acids is 1. The van der Waals surface area contributed by atoms with Gasteiger partial charge in [0.2, 0.25) is 0 Å². The molecule has 1 amide bonds. The summed E-state index contributed by atoms with van der Waals surface area (Å²) < 4.78 is 27.2. The van der Waals surface area contributed by atoms with Crippen molar-refractivity contribution in [3.05, 3.63) is 90.3 Å². The summed E-state index contributed by atoms with van der Waals surface area (Å²) in [7, 11) is -3.79. The Hall–Kier alpha value is -3.45. The minimum Gasteiger partial charge on any atom is -0.321 e. The quantitative estimate of drug-likeness (QED) is 0.573. The number of pyridine rings is 1. The Balaban J connectivity index is 1.80. The number of nitrogens with one attached hydrogen (secondary N) is 1. The van der Waals surface area contributed by atoms with E-state index in [0.717, 1.165) is 3.97 Å². The molecule has 0 aliphatic rings. The van der Waals surface area contributed by atoms with Crippen molar-refractivity contribution >= 4 is 32.7 Å². The van der Waals surface area contributed by atoms with Gasteiger partial charge in [-0.1, -0.05) is 36.4 Å². The average Bonchev–Trinajstić information content (AvgIpc) is 3.14. The van der Waals surface area contributed by atoms with Gasteiger partial charge in [0, 0.05) is 22.8 Å². The standard InChI is InChI=1S/C21H17N3O3S/c1-15-14-19(23-21(25)16-8-4-2-5-9-16)18-12-13-24(20(18)22-15)28(26,27)17-10-6-3-7-11-17/h2-14H,1H3,(H,22,23,25). The maximum Gasteiger partial charge on any atom is 0.269 e. The van der Waals surface area contributed by atoms with Gasteiger partial charge in [0.05, 0.1) is 10.6 Å². The molecule has 4 rings (SSSR count). The molecule has 0 spiro atoms. The van der Waals surface area contributed by atoms with Gasteiger partial charge in [0.15, 0.2) is 5.65 Å². The van der Waals surface area contributed by atoms with Crippen LogP contribution in [-0.4, -0.2) is 23.3 Å². The van der Waals surface area contributed by atoms with Crippen LogP contribution >= 0.6 is 0 Å². The molecule has 7 heteroatoms. The molecule has 4 aromatic rings. The zero-order valence-corrected chi connectivity index (χ0v) is 15.8. The number of fused-ring (bicyclic) bond motifs is 1. The van der Waals surface area contributed by atoms with Crippen LogP contribution in [0.4, 0.5) is 5.69 Å². The van der Waals surface area contributed by atoms with Gasteiger partial charge in [0.1, 0.15) is 0 Å². The van der Waals surface area contributed by atoms with Gasteiger partial charge in [-0.3, -0.25) is 4.79 Å². The summed E-state index contributed by atoms with van der Waals surface area (Å²) in [5.74, 6) is -0.272. The number of anilines is 1. The Kier molecular flexibility index (Phi) is 4.44. The van der Waals surface area contributed by atoms with Crippen molar-refractivity contribution < 1.29 is 13.2 Å². The van der Waals surface area contributed by atoms with Gasteiger partial charge < -0.3 is 5.32 Å². The number of benzene rings is 2. The normalized spacial score (nSPS) is 11.5. The van der Waals surface area contributed by atoms with E-state index in [1.165, 1.54) is 18.3 Å². The first-order valence-electron chi connectivity index (χ1n) is 8.62. The van der Waals surface area contributed by atoms with Crippen LogP contribution in [0.2, 0.25) is 0 Å². The number of aromatic nitrogens is 2. The van der Waals surface area contributed by atoms with Crippen molar-refractivity contribution in [2.45, 2.75) is 11.8 Å². The number of amides is 1. The van der Waals surface area contributed by atoms with Crippen LogP contribution < -0.4 is 5.32 Å². The van der Waals surface area contributed by atoms with E-state index >= 15 is 0 Å². The molecule has 0 fully saturated rings. The fourth-order valence-corrected chi connectivity index (χ4v) is 4.32. The summed E-state index contributed by atoms with van der Waals surface area (Å²) in [6.45, 7) is 1.75. The first kappa shape index (κ1) is 17.9. The maximum atomic E-state index is 13.0. The molecular weight excluding hydrogens is 374 g/mol. The molecule has 6 nitrogen and oxygen atoms in total. The molecule has 0 unspecified atom stereocenters. The zero-order chi connectivity index (χ0) is 19.7. The zero-order valence-electron chi connectivity index (χ0n) is 15.0. The summed E-state index contributed by atoms with van der Waals surface area (Å²) >= 11 is 0. The van der Waals surface area contributed by atoms with Crippen LogP contribution in [0.1, 0.15) is 16.1 Å². The van der Waals surface area contributed by atoms with Gasteiger partial charge in [0.25, 0.3) is 15.9 Å². The maximum absolute atomic E-state index is 13.0. The minimum absolute atomic E-state index is 0.172. The molecule has 0 aliphatic heterocycles. The van der Waals surface area contributed by atoms with Gasteiger partial charge in [-0.05, 0) is 43.3 Å². The van der Waals surface area contributed by atoms with Crippen LogP contribution in [0.25, 0.3) is 11.0 Å². The molecule has 0 saturated heterocycles. The molecule has 0 atom stereocenters. The van der Waals surface area contributed by atoms with E-state index < -0.39 is 10.0 Å². The lowest BCUT2D eigenvalue weighted by Gasteiger charge is -2.10. The van der Waals surface area contributed by atoms with Crippen LogP contribution in [0.3, 0.4) is 0 Å². The second-order valence-corrected chi connectivity index (χ2v) is 8.11. The SMILES string of the molecule is Cc1cc(NC(=O)c2ccccc2)c2ccn(S(=O)(=O)c3ccccc3)c2n1. The lowest BCUT2D eigenvalue weighted by atomic mass is 10.2. The summed E-state index contributed by atoms with van der Waals surface area (Å²) in [5, 5.41) is 3.41. The molecule has 2 aromatic carbocycles. The van der Waals surface area contributed by atoms with Crippen molar-refractivity contribution in [2.24, 2.45) is 0 Å². The van der Waals surface area contributed by atoms with Crippen molar-refractivity contribution in [3.63, 3.8) is 0 Å². The van der Waals surface area contributed by atoms with Crippen LogP contribution in [0.5, 0.6) is 0 Å². The number of aryl methyl sites for hydroxylation is 1. The van der Waals surface area contributed by atoms with E-state index in [-0.39, 0.29) is 16.4 Å². The molecule has 1 N–H and O–H groups in total. The van der Waals surface area contributed by atoms with Gasteiger partial charge >= 0.3 is 0 Å². The minimum atomic E-state index is -3.79. The average molecular weight is 391 g/mol. The Morgan fingerprint density at radius 1 is 0.964 bits per heavy atom. The largest absolute Gasteiger partial charge is 0.321 e. The summed E-state index contributed by atoms with van der Waals surface area (Å²) in [5.41, 5.74) is 1.89. The van der Waals surface area contributed by atoms with E-state index in [1.807, 2.05) is 6.07 Å². The predicted molar refractivity (Wildman–Crippen MR) is 108 cm³/mol. The highest BCUT2D eigenvalue weighted by molar-refractivity contribution is 7.90. The molecule has 2 heterocycles. The smallest absolute Gasteiger partial charge is 0.269 e. The third kappa shape index (κ3) is 3.16. The van der Waals surface area contributed by atoms with E-state index in [1.54, 1.807) is 61.5 Å². The highest BCUT2D eigenvalue weighted by atomic mass is 32.2. The van der Waals surface area contributed by atoms with Crippen molar-refractivity contribution in [1.29, 1.82) is 0 Å². The van der Waals surface area contributed by atoms with Crippen molar-refractivity contribution in [1.82, 2.24) is 8.96 Å². The third-order valence-corrected chi connectivity index (χ3v) is 6.02. The van der Waals surface area contributed by atoms with Gasteiger partial charge in [-0.25, -0.2) is 17.4 Å². The topological polar surface area (TPSA) is 81.1 Å². The molecule has 0 saturated carbocycles. The number of rotatable bonds is 4. The van der Waals surface area contributed by atoms with Crippen LogP contribution in [0, 0.1) is 6.92 Å². The highest BCUT2D eigenvalue weighted by Gasteiger charge is 2.21. The summed E-state index contributed by atoms with van der Waals surface area (Å²) in [4.78, 5) is 17.1. The van der Waals surface area contributed by atoms with Crippen LogP contribution in [-0.2, 0) is 10.0 Å². The second-order valence-electron chi connectivity index (χ2n) is 6.30. The van der Waals surface area contributed by atoms with E-state index in [2.05, 4.69) is 10.3 Å². The van der Waals surface area contributed by atoms with E-state index in [0.29, 0.717) is 22.3 Å². The number of carbonyl (C=O) groups is 1. The van der Waals surface area contributed by atoms with Crippen molar-refractivity contribution in [2.75, 3.05) is 5.32 Å². The monoisotopic (exact) mass is 391 g/mol. The number of hydrogen-bond donors (Lipinski definition) is 1. The summed E-state index contributed by atoms with van der Waals surface area (Å²) in [6.07, 6.45) is 1.46. The van der Waals surface area contributed by atoms with E-state index in [4.69, 9.17) is 0 Å². The Morgan fingerprint density at radius 2 is 1.61 bits per heavy atom. The molecule has 0 bridgehead atoms. The highest BCUT2D eigenvalue weighted by Crippen LogP contribution is 2.27. The van der Waals surface area contributed by atoms with Gasteiger partial charge in [-0.15, -0.1) is 0 Å². The lowest BCUT2D eigenvalue weighted by molar-refractivity contribution is 0.102. The van der Waals surface area contributed by atoms with Gasteiger partial charge in [-0.2, -0.15) is 0 Å². The third-order valence-electron chi connectivity index (χ3n) is 4.34. The molecule has 0 radical (unpaired) electrons. The first-order valence-corrected chi connectivity index (χ1v) is 10.1. The molecule has 28 heavy (non-hydrogen) atoms. The molecule has 140 valence electrons. The van der Waals surface area contributed by atoms with Crippen molar-refractivity contribution in [3.8, 4) is 0 Å². The fourth-order valence-electron chi connectivity index (χ4n) is 3.00. The van der Waals surface area contributed by atoms with Crippen LogP contribution in [0.15, 0.2) is 83.9 Å². The van der Waals surface area contributed by atoms with E-state index in [9.17, 15) is 13.2 Å².